The molecule has 2 aliphatic heterocycles. The summed E-state index contributed by atoms with van der Waals surface area (Å²) < 4.78 is 29.0. The number of hydrogen-bond acceptors (Lipinski definition) is 4. The minimum Gasteiger partial charge on any atom is -0.307 e. The Kier molecular flexibility index (Phi) is 6.01. The minimum atomic E-state index is -3.81. The molecule has 2 amide bonds. The number of aryl methyl sites for hydroxylation is 2. The van der Waals surface area contributed by atoms with Gasteiger partial charge in [-0.2, -0.15) is 12.7 Å². The summed E-state index contributed by atoms with van der Waals surface area (Å²) in [5, 5.41) is 2.90. The van der Waals surface area contributed by atoms with E-state index in [4.69, 9.17) is 0 Å². The van der Waals surface area contributed by atoms with E-state index in [9.17, 15) is 13.2 Å². The van der Waals surface area contributed by atoms with Crippen molar-refractivity contribution in [3.8, 4) is 0 Å². The summed E-state index contributed by atoms with van der Waals surface area (Å²) in [7, 11) is -1.80. The van der Waals surface area contributed by atoms with Crippen molar-refractivity contribution in [3.63, 3.8) is 0 Å². The quantitative estimate of drug-likeness (QED) is 0.700. The van der Waals surface area contributed by atoms with Crippen molar-refractivity contribution in [2.24, 2.45) is 5.92 Å². The number of nitrogens with one attached hydrogen (secondary N) is 2. The Morgan fingerprint density at radius 2 is 1.68 bits per heavy atom. The summed E-state index contributed by atoms with van der Waals surface area (Å²) >= 11 is 0. The second-order valence-corrected chi connectivity index (χ2v) is 10.0. The number of rotatable bonds is 3. The largest absolute Gasteiger partial charge is 0.333 e. The van der Waals surface area contributed by atoms with Crippen LogP contribution in [0.3, 0.4) is 0 Å². The molecule has 4 aliphatic rings. The molecule has 28 heavy (non-hydrogen) atoms. The predicted molar refractivity (Wildman–Crippen MR) is 109 cm³/mol. The van der Waals surface area contributed by atoms with Gasteiger partial charge in [-0.3, -0.25) is 0 Å². The number of carbonyl (C=O) groups excluding carboxylic acids is 1. The second kappa shape index (κ2) is 7.92. The molecule has 5 rings (SSSR count). The molecule has 0 saturated carbocycles. The summed E-state index contributed by atoms with van der Waals surface area (Å²) in [4.78, 5) is 14.8. The molecular formula is C19H26KN4O3S. The van der Waals surface area contributed by atoms with Gasteiger partial charge in [0.25, 0.3) is 0 Å². The maximum absolute atomic E-state index is 12.7. The first-order valence-electron chi connectivity index (χ1n) is 9.88. The third-order valence-corrected chi connectivity index (χ3v) is 8.16. The molecule has 1 aromatic rings. The Hall–Kier alpha value is -0.00364. The first-order valence-corrected chi connectivity index (χ1v) is 11.3. The fourth-order valence-corrected chi connectivity index (χ4v) is 6.50. The van der Waals surface area contributed by atoms with E-state index in [1.807, 2.05) is 7.05 Å². The van der Waals surface area contributed by atoms with Crippen LogP contribution in [0.25, 0.3) is 0 Å². The van der Waals surface area contributed by atoms with Gasteiger partial charge in [-0.05, 0) is 67.8 Å². The molecule has 2 fully saturated rings. The number of fused-ring (bicyclic) bond motifs is 3. The van der Waals surface area contributed by atoms with Gasteiger partial charge in [0.15, 0.2) is 0 Å². The van der Waals surface area contributed by atoms with E-state index < -0.39 is 16.2 Å². The Balaban J connectivity index is 0.00000192. The number of likely N-dealkylation sites (tertiary alicyclic amines) is 1. The Morgan fingerprint density at radius 3 is 2.25 bits per heavy atom. The average molecular weight is 430 g/mol. The van der Waals surface area contributed by atoms with Crippen molar-refractivity contribution in [3.05, 3.63) is 28.3 Å². The number of anilines is 1. The predicted octanol–water partition coefficient (Wildman–Crippen LogP) is 0.895. The van der Waals surface area contributed by atoms with Crippen molar-refractivity contribution in [1.82, 2.24) is 13.9 Å². The van der Waals surface area contributed by atoms with Crippen LogP contribution in [0.5, 0.6) is 0 Å². The Morgan fingerprint density at radius 1 is 1.04 bits per heavy atom. The molecule has 0 spiro atoms. The summed E-state index contributed by atoms with van der Waals surface area (Å²) in [5.74, 6) is 0.385. The van der Waals surface area contributed by atoms with Crippen LogP contribution in [0, 0.1) is 5.92 Å². The number of hydrogen-bond donors (Lipinski definition) is 2. The molecule has 0 aromatic heterocycles. The van der Waals surface area contributed by atoms with Gasteiger partial charge in [-0.15, -0.1) is 0 Å². The van der Waals surface area contributed by atoms with Gasteiger partial charge in [-0.1, -0.05) is 6.07 Å². The molecule has 2 atom stereocenters. The smallest absolute Gasteiger partial charge is 0.307 e. The zero-order valence-electron chi connectivity index (χ0n) is 16.6. The Labute approximate surface area is 209 Å². The van der Waals surface area contributed by atoms with Crippen LogP contribution in [0.15, 0.2) is 6.07 Å². The van der Waals surface area contributed by atoms with Crippen molar-refractivity contribution in [1.29, 1.82) is 0 Å². The van der Waals surface area contributed by atoms with Gasteiger partial charge >= 0.3 is 16.2 Å². The van der Waals surface area contributed by atoms with E-state index in [-0.39, 0.29) is 57.4 Å². The third kappa shape index (κ3) is 3.62. The number of urea groups is 1. The van der Waals surface area contributed by atoms with Crippen LogP contribution in [0.1, 0.15) is 35.1 Å². The number of nitrogens with zero attached hydrogens (tertiary/aromatic N) is 2. The van der Waals surface area contributed by atoms with Crippen LogP contribution in [0.4, 0.5) is 10.5 Å². The number of likely N-dealkylation sites (N-methyl/N-ethyl adjacent to an activating group) is 1. The van der Waals surface area contributed by atoms with Crippen molar-refractivity contribution >= 4 is 73.3 Å². The molecule has 2 N–H and O–H groups in total. The number of amides is 2. The van der Waals surface area contributed by atoms with Gasteiger partial charge in [0, 0.05) is 88.7 Å². The zero-order chi connectivity index (χ0) is 18.8. The standard InChI is InChI=1S/C19H26N4O3S.K/c1-22-9-14-10-23(11-17(14)22)27(25,26)21-19(24)20-18-15-6-2-4-12(15)8-13-5-3-7-16(13)18;/h8,14,17H,2-7,9-11H2,1H3,(H2,20,21,24);/t14-,17+;/m0./s1. The summed E-state index contributed by atoms with van der Waals surface area (Å²) in [6.45, 7) is 1.87. The van der Waals surface area contributed by atoms with E-state index >= 15 is 0 Å². The number of carbonyl (C=O) groups is 1. The fraction of sp³-hybridized carbons (Fsp3) is 0.632. The summed E-state index contributed by atoms with van der Waals surface area (Å²) in [6.07, 6.45) is 6.18. The fourth-order valence-electron chi connectivity index (χ4n) is 5.35. The maximum atomic E-state index is 12.7. The SMILES string of the molecule is CN1C[C@H]2CN(S(=O)(=O)NC(=O)Nc3c4c(cc5c3CCC5)CCC4)C[C@H]21.[K]. The van der Waals surface area contributed by atoms with Crippen LogP contribution in [-0.4, -0.2) is 108 Å². The van der Waals surface area contributed by atoms with Crippen molar-refractivity contribution in [2.45, 2.75) is 44.6 Å². The van der Waals surface area contributed by atoms with Gasteiger partial charge < -0.3 is 10.2 Å². The van der Waals surface area contributed by atoms with Crippen molar-refractivity contribution < 1.29 is 13.2 Å². The summed E-state index contributed by atoms with van der Waals surface area (Å²) in [6, 6.07) is 1.93. The van der Waals surface area contributed by atoms with E-state index in [2.05, 4.69) is 21.0 Å². The normalized spacial score (nSPS) is 26.0. The first kappa shape index (κ1) is 21.2. The second-order valence-electron chi connectivity index (χ2n) is 8.38. The molecule has 1 radical (unpaired) electrons. The molecule has 9 heteroatoms. The summed E-state index contributed by atoms with van der Waals surface area (Å²) in [5.41, 5.74) is 5.89. The topological polar surface area (TPSA) is 81.8 Å². The molecule has 1 aromatic carbocycles. The third-order valence-electron chi connectivity index (χ3n) is 6.73. The van der Waals surface area contributed by atoms with Gasteiger partial charge in [-0.25, -0.2) is 9.52 Å². The molecule has 0 bridgehead atoms. The minimum absolute atomic E-state index is 0. The van der Waals surface area contributed by atoms with Gasteiger partial charge in [0.1, 0.15) is 0 Å². The van der Waals surface area contributed by atoms with Gasteiger partial charge in [0.2, 0.25) is 0 Å². The molecule has 0 unspecified atom stereocenters. The van der Waals surface area contributed by atoms with Crippen molar-refractivity contribution in [2.75, 3.05) is 32.0 Å². The molecule has 2 saturated heterocycles. The van der Waals surface area contributed by atoms with E-state index in [1.165, 1.54) is 26.6 Å². The van der Waals surface area contributed by atoms with Crippen LogP contribution < -0.4 is 10.0 Å². The molecule has 2 aliphatic carbocycles. The van der Waals surface area contributed by atoms with E-state index in [0.29, 0.717) is 19.0 Å². The zero-order valence-corrected chi connectivity index (χ0v) is 20.6. The monoisotopic (exact) mass is 429 g/mol. The van der Waals surface area contributed by atoms with E-state index in [0.717, 1.165) is 50.8 Å². The average Bonchev–Trinajstić information content (AvgIpc) is 3.31. The van der Waals surface area contributed by atoms with Gasteiger partial charge in [0.05, 0.1) is 0 Å². The van der Waals surface area contributed by atoms with Crippen LogP contribution >= 0.6 is 0 Å². The van der Waals surface area contributed by atoms with E-state index in [1.54, 1.807) is 0 Å². The van der Waals surface area contributed by atoms with Crippen LogP contribution in [0.2, 0.25) is 0 Å². The first-order chi connectivity index (χ1) is 12.9. The Bertz CT molecular complexity index is 888. The maximum Gasteiger partial charge on any atom is 0.333 e. The molecular weight excluding hydrogens is 403 g/mol. The van der Waals surface area contributed by atoms with Crippen LogP contribution in [-0.2, 0) is 35.9 Å². The molecule has 2 heterocycles. The molecule has 7 nitrogen and oxygen atoms in total. The number of benzene rings is 1. The molecule has 147 valence electrons.